The van der Waals surface area contributed by atoms with Gasteiger partial charge in [0.25, 0.3) is 0 Å². The van der Waals surface area contributed by atoms with Crippen LogP contribution in [0.25, 0.3) is 0 Å². The standard InChI is InChI=1S/C19H19ClN2O2S/c1-13-11-16(14(2)22(13)9-7-15-5-4-10-25-15)17(23)12-24-18-6-3-8-21-19(18)20/h3-6,8,10-11H,7,9,12H2,1-2H3. The molecule has 4 nitrogen and oxygen atoms in total. The monoisotopic (exact) mass is 374 g/mol. The van der Waals surface area contributed by atoms with Crippen LogP contribution in [0.2, 0.25) is 5.15 Å². The van der Waals surface area contributed by atoms with Crippen LogP contribution >= 0.6 is 22.9 Å². The molecule has 0 bridgehead atoms. The zero-order valence-electron chi connectivity index (χ0n) is 14.2. The molecule has 0 amide bonds. The Balaban J connectivity index is 1.68. The van der Waals surface area contributed by atoms with E-state index in [2.05, 4.69) is 27.1 Å². The Kier molecular flexibility index (Phi) is 5.56. The average Bonchev–Trinajstić information content (AvgIpc) is 3.21. The number of carbonyl (C=O) groups excluding carboxylic acids is 1. The Morgan fingerprint density at radius 1 is 1.32 bits per heavy atom. The third-order valence-corrected chi connectivity index (χ3v) is 5.34. The molecule has 0 radical (unpaired) electrons. The zero-order chi connectivity index (χ0) is 17.8. The van der Waals surface area contributed by atoms with Crippen LogP contribution < -0.4 is 4.74 Å². The van der Waals surface area contributed by atoms with E-state index in [0.717, 1.165) is 24.4 Å². The predicted octanol–water partition coefficient (Wildman–Crippen LogP) is 4.72. The second-order valence-electron chi connectivity index (χ2n) is 5.77. The molecule has 0 aliphatic rings. The Hall–Kier alpha value is -2.11. The highest BCUT2D eigenvalue weighted by Gasteiger charge is 2.17. The molecule has 130 valence electrons. The first-order chi connectivity index (χ1) is 12.1. The molecular formula is C19H19ClN2O2S. The van der Waals surface area contributed by atoms with Crippen LogP contribution in [-0.2, 0) is 13.0 Å². The minimum Gasteiger partial charge on any atom is -0.482 e. The fraction of sp³-hybridized carbons (Fsp3) is 0.263. The van der Waals surface area contributed by atoms with Crippen LogP contribution in [0.1, 0.15) is 26.6 Å². The summed E-state index contributed by atoms with van der Waals surface area (Å²) in [6.45, 7) is 4.81. The van der Waals surface area contributed by atoms with Crippen molar-refractivity contribution in [3.63, 3.8) is 0 Å². The molecule has 0 fully saturated rings. The summed E-state index contributed by atoms with van der Waals surface area (Å²) in [5.74, 6) is 0.361. The average molecular weight is 375 g/mol. The summed E-state index contributed by atoms with van der Waals surface area (Å²) < 4.78 is 7.71. The number of rotatable bonds is 7. The quantitative estimate of drug-likeness (QED) is 0.444. The lowest BCUT2D eigenvalue weighted by atomic mass is 10.1. The van der Waals surface area contributed by atoms with Crippen molar-refractivity contribution in [1.29, 1.82) is 0 Å². The van der Waals surface area contributed by atoms with Gasteiger partial charge in [-0.1, -0.05) is 17.7 Å². The summed E-state index contributed by atoms with van der Waals surface area (Å²) >= 11 is 7.71. The number of pyridine rings is 1. The first-order valence-corrected chi connectivity index (χ1v) is 9.27. The molecule has 0 saturated carbocycles. The van der Waals surface area contributed by atoms with Gasteiger partial charge in [0, 0.05) is 34.6 Å². The number of ether oxygens (including phenoxy) is 1. The Labute approximate surface area is 156 Å². The van der Waals surface area contributed by atoms with Gasteiger partial charge in [0.05, 0.1) is 0 Å². The Morgan fingerprint density at radius 2 is 2.16 bits per heavy atom. The SMILES string of the molecule is Cc1cc(C(=O)COc2cccnc2Cl)c(C)n1CCc1cccs1. The van der Waals surface area contributed by atoms with Gasteiger partial charge in [0.1, 0.15) is 0 Å². The van der Waals surface area contributed by atoms with Crippen LogP contribution in [0.15, 0.2) is 41.9 Å². The second kappa shape index (κ2) is 7.85. The summed E-state index contributed by atoms with van der Waals surface area (Å²) in [5, 5.41) is 2.34. The van der Waals surface area contributed by atoms with Gasteiger partial charge >= 0.3 is 0 Å². The van der Waals surface area contributed by atoms with Gasteiger partial charge in [-0.3, -0.25) is 4.79 Å². The molecule has 3 aromatic heterocycles. The van der Waals surface area contributed by atoms with E-state index in [0.29, 0.717) is 11.3 Å². The van der Waals surface area contributed by atoms with E-state index in [4.69, 9.17) is 16.3 Å². The predicted molar refractivity (Wildman–Crippen MR) is 101 cm³/mol. The molecular weight excluding hydrogens is 356 g/mol. The topological polar surface area (TPSA) is 44.1 Å². The van der Waals surface area contributed by atoms with E-state index in [9.17, 15) is 4.79 Å². The van der Waals surface area contributed by atoms with Gasteiger partial charge in [0.15, 0.2) is 17.5 Å². The summed E-state index contributed by atoms with van der Waals surface area (Å²) in [4.78, 5) is 17.8. The highest BCUT2D eigenvalue weighted by Crippen LogP contribution is 2.22. The van der Waals surface area contributed by atoms with E-state index in [-0.39, 0.29) is 17.5 Å². The molecule has 0 aromatic carbocycles. The van der Waals surface area contributed by atoms with Gasteiger partial charge in [-0.05, 0) is 49.9 Å². The van der Waals surface area contributed by atoms with Crippen LogP contribution in [0.3, 0.4) is 0 Å². The normalized spacial score (nSPS) is 10.8. The van der Waals surface area contributed by atoms with Crippen molar-refractivity contribution in [2.24, 2.45) is 0 Å². The largest absolute Gasteiger partial charge is 0.482 e. The smallest absolute Gasteiger partial charge is 0.202 e. The molecule has 6 heteroatoms. The number of aryl methyl sites for hydroxylation is 2. The maximum absolute atomic E-state index is 12.5. The van der Waals surface area contributed by atoms with Gasteiger partial charge in [-0.2, -0.15) is 0 Å². The molecule has 0 unspecified atom stereocenters. The third-order valence-electron chi connectivity index (χ3n) is 4.12. The number of thiophene rings is 1. The lowest BCUT2D eigenvalue weighted by Crippen LogP contribution is -2.13. The van der Waals surface area contributed by atoms with Crippen LogP contribution in [0.4, 0.5) is 0 Å². The summed E-state index contributed by atoms with van der Waals surface area (Å²) in [6, 6.07) is 9.55. The molecule has 0 aliphatic heterocycles. The minimum atomic E-state index is -0.0598. The van der Waals surface area contributed by atoms with Crippen molar-refractivity contribution in [2.75, 3.05) is 6.61 Å². The Morgan fingerprint density at radius 3 is 2.88 bits per heavy atom. The third kappa shape index (κ3) is 4.11. The number of hydrogen-bond acceptors (Lipinski definition) is 4. The number of nitrogens with zero attached hydrogens (tertiary/aromatic N) is 2. The van der Waals surface area contributed by atoms with Crippen molar-refractivity contribution in [2.45, 2.75) is 26.8 Å². The number of Topliss-reactive ketones (excluding diaryl/α,β-unsaturated/α-hetero) is 1. The molecule has 0 spiro atoms. The minimum absolute atomic E-state index is 0.0549. The maximum atomic E-state index is 12.5. The number of carbonyl (C=O) groups is 1. The number of ketones is 1. The number of halogens is 1. The Bertz CT molecular complexity index is 872. The van der Waals surface area contributed by atoms with Crippen molar-refractivity contribution in [3.8, 4) is 5.75 Å². The summed E-state index contributed by atoms with van der Waals surface area (Å²) in [7, 11) is 0. The first kappa shape index (κ1) is 17.7. The lowest BCUT2D eigenvalue weighted by molar-refractivity contribution is 0.0920. The van der Waals surface area contributed by atoms with Gasteiger partial charge < -0.3 is 9.30 Å². The molecule has 25 heavy (non-hydrogen) atoms. The van der Waals surface area contributed by atoms with Crippen LogP contribution in [0.5, 0.6) is 5.75 Å². The molecule has 0 atom stereocenters. The molecule has 3 rings (SSSR count). The fourth-order valence-corrected chi connectivity index (χ4v) is 3.68. The van der Waals surface area contributed by atoms with Gasteiger partial charge in [-0.25, -0.2) is 4.98 Å². The van der Waals surface area contributed by atoms with Crippen molar-refractivity contribution in [3.05, 3.63) is 68.9 Å². The van der Waals surface area contributed by atoms with Crippen molar-refractivity contribution < 1.29 is 9.53 Å². The van der Waals surface area contributed by atoms with E-state index >= 15 is 0 Å². The lowest BCUT2D eigenvalue weighted by Gasteiger charge is -2.09. The number of aromatic nitrogens is 2. The van der Waals surface area contributed by atoms with E-state index < -0.39 is 0 Å². The molecule has 3 aromatic rings. The fourth-order valence-electron chi connectivity index (χ4n) is 2.80. The van der Waals surface area contributed by atoms with Crippen molar-refractivity contribution >= 4 is 28.7 Å². The summed E-state index contributed by atoms with van der Waals surface area (Å²) in [6.07, 6.45) is 2.54. The van der Waals surface area contributed by atoms with E-state index in [1.807, 2.05) is 19.9 Å². The maximum Gasteiger partial charge on any atom is 0.202 e. The highest BCUT2D eigenvalue weighted by molar-refractivity contribution is 7.09. The van der Waals surface area contributed by atoms with E-state index in [1.165, 1.54) is 4.88 Å². The van der Waals surface area contributed by atoms with Crippen LogP contribution in [-0.4, -0.2) is 21.9 Å². The van der Waals surface area contributed by atoms with Crippen molar-refractivity contribution in [1.82, 2.24) is 9.55 Å². The summed E-state index contributed by atoms with van der Waals surface area (Å²) in [5.41, 5.74) is 2.75. The van der Waals surface area contributed by atoms with E-state index in [1.54, 1.807) is 29.7 Å². The molecule has 0 N–H and O–H groups in total. The molecule has 0 saturated heterocycles. The highest BCUT2D eigenvalue weighted by atomic mass is 35.5. The zero-order valence-corrected chi connectivity index (χ0v) is 15.7. The molecule has 3 heterocycles. The first-order valence-electron chi connectivity index (χ1n) is 8.02. The molecule has 0 aliphatic carbocycles. The van der Waals surface area contributed by atoms with Gasteiger partial charge in [0.2, 0.25) is 5.78 Å². The second-order valence-corrected chi connectivity index (χ2v) is 7.16. The van der Waals surface area contributed by atoms with Crippen LogP contribution in [0, 0.1) is 13.8 Å². The number of hydrogen-bond donors (Lipinski definition) is 0. The van der Waals surface area contributed by atoms with Gasteiger partial charge in [-0.15, -0.1) is 11.3 Å².